The van der Waals surface area contributed by atoms with Crippen LogP contribution in [0.3, 0.4) is 0 Å². The van der Waals surface area contributed by atoms with Gasteiger partial charge < -0.3 is 50.8 Å². The highest BCUT2D eigenvalue weighted by molar-refractivity contribution is 7.99. The highest BCUT2D eigenvalue weighted by Gasteiger charge is 2.50. The number of carbonyl (C=O) groups is 1. The molecule has 0 radical (unpaired) electrons. The molecule has 2 aliphatic heterocycles. The maximum absolute atomic E-state index is 11.8. The quantitative estimate of drug-likeness (QED) is 0.210. The smallest absolute Gasteiger partial charge is 0.217 e. The fourth-order valence-corrected chi connectivity index (χ4v) is 4.73. The van der Waals surface area contributed by atoms with E-state index >= 15 is 0 Å². The van der Waals surface area contributed by atoms with E-state index in [0.29, 0.717) is 5.03 Å². The van der Waals surface area contributed by atoms with Gasteiger partial charge in [0.2, 0.25) is 5.91 Å². The zero-order valence-corrected chi connectivity index (χ0v) is 18.1. The SMILES string of the molecule is CC(=O)N[C@@H]1[C@@H](O)[C@H](O[C@@H]2O[C@H](CO)[C@H](O)[C@H](O)[C@H]2N)[C@@H](CO)O[C@H]1Sc1ccccn1. The van der Waals surface area contributed by atoms with Crippen LogP contribution in [-0.2, 0) is 19.0 Å². The predicted octanol–water partition coefficient (Wildman–Crippen LogP) is -3.09. The highest BCUT2D eigenvalue weighted by atomic mass is 32.2. The number of aliphatic hydroxyl groups is 5. The van der Waals surface area contributed by atoms with E-state index in [-0.39, 0.29) is 0 Å². The van der Waals surface area contributed by atoms with Crippen molar-refractivity contribution < 1.29 is 44.5 Å². The standard InChI is InChI=1S/C19H29N3O9S/c1-8(25)22-13-16(28)17(31-18-12(20)15(27)14(26)9(6-23)29-18)10(7-24)30-19(13)32-11-4-2-3-5-21-11/h2-5,9-10,12-19,23-24,26-28H,6-7,20H2,1H3,(H,22,25)/t9-,10-,12-,13-,14+,15-,16-,17-,18+,19+/m1/s1. The summed E-state index contributed by atoms with van der Waals surface area (Å²) in [7, 11) is 0. The van der Waals surface area contributed by atoms with Crippen LogP contribution in [0.2, 0.25) is 0 Å². The third kappa shape index (κ3) is 5.56. The van der Waals surface area contributed by atoms with Crippen molar-refractivity contribution in [1.82, 2.24) is 10.3 Å². The molecule has 8 N–H and O–H groups in total. The Kier molecular flexibility index (Phi) is 8.80. The molecule has 2 aliphatic rings. The van der Waals surface area contributed by atoms with Crippen molar-refractivity contribution in [3.8, 4) is 0 Å². The second kappa shape index (κ2) is 11.2. The van der Waals surface area contributed by atoms with Gasteiger partial charge in [0.05, 0.1) is 30.3 Å². The zero-order valence-electron chi connectivity index (χ0n) is 17.3. The minimum atomic E-state index is -1.46. The van der Waals surface area contributed by atoms with Crippen LogP contribution in [0.1, 0.15) is 6.92 Å². The Morgan fingerprint density at radius 1 is 1.16 bits per heavy atom. The fourth-order valence-electron chi connectivity index (χ4n) is 3.64. The molecule has 0 unspecified atom stereocenters. The van der Waals surface area contributed by atoms with E-state index in [9.17, 15) is 30.3 Å². The highest BCUT2D eigenvalue weighted by Crippen LogP contribution is 2.35. The Bertz CT molecular complexity index is 746. The molecule has 1 aromatic rings. The van der Waals surface area contributed by atoms with E-state index in [0.717, 1.165) is 11.8 Å². The van der Waals surface area contributed by atoms with Gasteiger partial charge in [0.1, 0.15) is 42.1 Å². The van der Waals surface area contributed by atoms with E-state index in [1.165, 1.54) is 6.92 Å². The van der Waals surface area contributed by atoms with E-state index in [1.54, 1.807) is 24.4 Å². The molecule has 0 bridgehead atoms. The van der Waals surface area contributed by atoms with Crippen LogP contribution in [0.5, 0.6) is 0 Å². The zero-order chi connectivity index (χ0) is 23.4. The van der Waals surface area contributed by atoms with Crippen molar-refractivity contribution in [1.29, 1.82) is 0 Å². The van der Waals surface area contributed by atoms with Gasteiger partial charge in [-0.2, -0.15) is 0 Å². The third-order valence-corrected chi connectivity index (χ3v) is 6.44. The predicted molar refractivity (Wildman–Crippen MR) is 110 cm³/mol. The largest absolute Gasteiger partial charge is 0.394 e. The number of pyridine rings is 1. The first-order valence-electron chi connectivity index (χ1n) is 10.1. The monoisotopic (exact) mass is 475 g/mol. The fraction of sp³-hybridized carbons (Fsp3) is 0.684. The Labute approximate surface area is 188 Å². The summed E-state index contributed by atoms with van der Waals surface area (Å²) in [6.07, 6.45) is -7.41. The number of rotatable bonds is 7. The molecule has 0 spiro atoms. The molecule has 0 aliphatic carbocycles. The lowest BCUT2D eigenvalue weighted by atomic mass is 9.95. The van der Waals surface area contributed by atoms with Crippen molar-refractivity contribution >= 4 is 17.7 Å². The number of hydrogen-bond acceptors (Lipinski definition) is 12. The number of aliphatic hydroxyl groups excluding tert-OH is 5. The number of carbonyl (C=O) groups excluding carboxylic acids is 1. The van der Waals surface area contributed by atoms with E-state index in [2.05, 4.69) is 10.3 Å². The van der Waals surface area contributed by atoms with Gasteiger partial charge in [-0.25, -0.2) is 4.98 Å². The Morgan fingerprint density at radius 3 is 2.47 bits per heavy atom. The first-order valence-corrected chi connectivity index (χ1v) is 11.0. The lowest BCUT2D eigenvalue weighted by Gasteiger charge is -2.47. The van der Waals surface area contributed by atoms with Gasteiger partial charge in [-0.1, -0.05) is 17.8 Å². The lowest BCUT2D eigenvalue weighted by Crippen LogP contribution is -2.67. The van der Waals surface area contributed by atoms with Crippen LogP contribution in [0.4, 0.5) is 0 Å². The molecule has 2 saturated heterocycles. The lowest BCUT2D eigenvalue weighted by molar-refractivity contribution is -0.307. The number of amides is 1. The summed E-state index contributed by atoms with van der Waals surface area (Å²) in [5.41, 5.74) is 5.11. The molecule has 180 valence electrons. The summed E-state index contributed by atoms with van der Waals surface area (Å²) in [5, 5.41) is 53.7. The van der Waals surface area contributed by atoms with Crippen LogP contribution in [0, 0.1) is 0 Å². The average Bonchev–Trinajstić information content (AvgIpc) is 2.78. The van der Waals surface area contributed by atoms with Crippen molar-refractivity contribution in [3.63, 3.8) is 0 Å². The number of aromatic nitrogens is 1. The molecule has 1 aromatic heterocycles. The molecular weight excluding hydrogens is 446 g/mol. The minimum Gasteiger partial charge on any atom is -0.394 e. The average molecular weight is 476 g/mol. The Hall–Kier alpha value is -1.39. The van der Waals surface area contributed by atoms with Crippen LogP contribution < -0.4 is 11.1 Å². The van der Waals surface area contributed by atoms with Gasteiger partial charge in [-0.15, -0.1) is 0 Å². The van der Waals surface area contributed by atoms with Crippen LogP contribution >= 0.6 is 11.8 Å². The Morgan fingerprint density at radius 2 is 1.88 bits per heavy atom. The van der Waals surface area contributed by atoms with Crippen LogP contribution in [0.25, 0.3) is 0 Å². The van der Waals surface area contributed by atoms with Gasteiger partial charge in [0.15, 0.2) is 6.29 Å². The number of ether oxygens (including phenoxy) is 3. The first-order chi connectivity index (χ1) is 15.3. The van der Waals surface area contributed by atoms with E-state index in [4.69, 9.17) is 19.9 Å². The van der Waals surface area contributed by atoms with Crippen LogP contribution in [-0.4, -0.2) is 110 Å². The molecular formula is C19H29N3O9S. The molecule has 13 heteroatoms. The summed E-state index contributed by atoms with van der Waals surface area (Å²) >= 11 is 1.15. The minimum absolute atomic E-state index is 0.421. The Balaban J connectivity index is 1.80. The first kappa shape index (κ1) is 25.2. The summed E-state index contributed by atoms with van der Waals surface area (Å²) in [4.78, 5) is 16.0. The van der Waals surface area contributed by atoms with Gasteiger partial charge in [-0.3, -0.25) is 4.79 Å². The molecule has 2 fully saturated rings. The van der Waals surface area contributed by atoms with E-state index < -0.39 is 79.6 Å². The van der Waals surface area contributed by atoms with Crippen molar-refractivity contribution in [2.75, 3.05) is 13.2 Å². The summed E-state index contributed by atoms with van der Waals surface area (Å²) in [6, 6.07) is 3.09. The topological polar surface area (TPSA) is 197 Å². The molecule has 32 heavy (non-hydrogen) atoms. The van der Waals surface area contributed by atoms with Crippen LogP contribution in [0.15, 0.2) is 29.4 Å². The van der Waals surface area contributed by atoms with Gasteiger partial charge in [-0.05, 0) is 12.1 Å². The van der Waals surface area contributed by atoms with E-state index in [1.807, 2.05) is 0 Å². The second-order valence-electron chi connectivity index (χ2n) is 7.61. The third-order valence-electron chi connectivity index (χ3n) is 5.32. The molecule has 12 nitrogen and oxygen atoms in total. The maximum atomic E-state index is 11.8. The number of nitrogens with one attached hydrogen (secondary N) is 1. The van der Waals surface area contributed by atoms with Crippen molar-refractivity contribution in [2.24, 2.45) is 5.73 Å². The molecule has 1 amide bonds. The molecule has 10 atom stereocenters. The second-order valence-corrected chi connectivity index (χ2v) is 8.73. The number of nitrogens with zero attached hydrogens (tertiary/aromatic N) is 1. The van der Waals surface area contributed by atoms with Crippen molar-refractivity contribution in [2.45, 2.75) is 72.4 Å². The molecule has 0 saturated carbocycles. The maximum Gasteiger partial charge on any atom is 0.217 e. The summed E-state index contributed by atoms with van der Waals surface area (Å²) in [6.45, 7) is 0.145. The molecule has 0 aromatic carbocycles. The van der Waals surface area contributed by atoms with Gasteiger partial charge in [0.25, 0.3) is 0 Å². The van der Waals surface area contributed by atoms with Gasteiger partial charge in [0, 0.05) is 13.1 Å². The van der Waals surface area contributed by atoms with Crippen molar-refractivity contribution in [3.05, 3.63) is 24.4 Å². The number of nitrogens with two attached hydrogens (primary N) is 1. The number of thioether (sulfide) groups is 1. The summed E-state index contributed by atoms with van der Waals surface area (Å²) < 4.78 is 17.2. The molecule has 3 heterocycles. The molecule has 3 rings (SSSR count). The number of hydrogen-bond donors (Lipinski definition) is 7. The van der Waals surface area contributed by atoms with Gasteiger partial charge >= 0.3 is 0 Å². The normalized spacial score (nSPS) is 40.1. The summed E-state index contributed by atoms with van der Waals surface area (Å²) in [5.74, 6) is -0.421.